The molecule has 0 saturated heterocycles. The van der Waals surface area contributed by atoms with E-state index in [0.29, 0.717) is 16.9 Å². The van der Waals surface area contributed by atoms with Gasteiger partial charge in [-0.1, -0.05) is 0 Å². The third-order valence-corrected chi connectivity index (χ3v) is 4.33. The van der Waals surface area contributed by atoms with Gasteiger partial charge in [-0.25, -0.2) is 9.78 Å². The molecule has 0 unspecified atom stereocenters. The molecule has 1 aromatic heterocycles. The summed E-state index contributed by atoms with van der Waals surface area (Å²) >= 11 is 0. The topological polar surface area (TPSA) is 76.5 Å². The predicted octanol–water partition coefficient (Wildman–Crippen LogP) is 3.34. The van der Waals surface area contributed by atoms with Crippen LogP contribution in [0.15, 0.2) is 42.5 Å². The Kier molecular flexibility index (Phi) is 4.62. The third kappa shape index (κ3) is 3.23. The van der Waals surface area contributed by atoms with Crippen LogP contribution in [0.1, 0.15) is 16.2 Å². The average molecular weight is 352 g/mol. The highest BCUT2D eigenvalue weighted by molar-refractivity contribution is 6.06. The van der Waals surface area contributed by atoms with Crippen molar-refractivity contribution in [1.29, 1.82) is 0 Å². The van der Waals surface area contributed by atoms with E-state index >= 15 is 0 Å². The molecule has 3 rings (SSSR count). The fourth-order valence-electron chi connectivity index (χ4n) is 2.68. The molecule has 7 heteroatoms. The van der Waals surface area contributed by atoms with E-state index in [-0.39, 0.29) is 5.91 Å². The van der Waals surface area contributed by atoms with Gasteiger partial charge in [0.15, 0.2) is 0 Å². The highest BCUT2D eigenvalue weighted by Gasteiger charge is 2.12. The van der Waals surface area contributed by atoms with Crippen molar-refractivity contribution in [3.8, 4) is 0 Å². The lowest BCUT2D eigenvalue weighted by molar-refractivity contribution is 0.102. The van der Waals surface area contributed by atoms with Crippen LogP contribution in [0.25, 0.3) is 11.0 Å². The number of nitrogens with one attached hydrogen (secondary N) is 1. The summed E-state index contributed by atoms with van der Waals surface area (Å²) in [5.74, 6) is 0.673. The molecule has 1 N–H and O–H groups in total. The standard InChI is InChI=1S/C19H20N4O3/c1-12-20-16-11-13(5-10-17(16)22(12)2)18(24)21-14-6-8-15(9-7-14)23(3)19(25)26-4/h5-11H,1-4H3,(H,21,24). The number of aromatic nitrogens is 2. The minimum Gasteiger partial charge on any atom is -0.452 e. The van der Waals surface area contributed by atoms with Crippen LogP contribution in [0.2, 0.25) is 0 Å². The number of aryl methyl sites for hydroxylation is 2. The predicted molar refractivity (Wildman–Crippen MR) is 101 cm³/mol. The van der Waals surface area contributed by atoms with Crippen LogP contribution in [0.3, 0.4) is 0 Å². The van der Waals surface area contributed by atoms with E-state index in [2.05, 4.69) is 15.0 Å². The van der Waals surface area contributed by atoms with E-state index in [4.69, 9.17) is 0 Å². The molecule has 2 amide bonds. The maximum atomic E-state index is 12.5. The van der Waals surface area contributed by atoms with Crippen LogP contribution in [0.4, 0.5) is 16.2 Å². The molecule has 0 saturated carbocycles. The van der Waals surface area contributed by atoms with E-state index in [0.717, 1.165) is 16.9 Å². The molecule has 0 aliphatic rings. The number of ether oxygens (including phenoxy) is 1. The number of benzene rings is 2. The van der Waals surface area contributed by atoms with Crippen molar-refractivity contribution in [1.82, 2.24) is 9.55 Å². The Balaban J connectivity index is 1.76. The van der Waals surface area contributed by atoms with Crippen LogP contribution in [0.5, 0.6) is 0 Å². The fraction of sp³-hybridized carbons (Fsp3) is 0.211. The van der Waals surface area contributed by atoms with E-state index in [1.807, 2.05) is 24.6 Å². The number of methoxy groups -OCH3 is 1. The first-order chi connectivity index (χ1) is 12.4. The Labute approximate surface area is 151 Å². The van der Waals surface area contributed by atoms with Gasteiger partial charge in [0.25, 0.3) is 5.91 Å². The van der Waals surface area contributed by atoms with Gasteiger partial charge in [-0.05, 0) is 49.4 Å². The summed E-state index contributed by atoms with van der Waals surface area (Å²) < 4.78 is 6.65. The van der Waals surface area contributed by atoms with E-state index in [1.54, 1.807) is 43.4 Å². The van der Waals surface area contributed by atoms with Crippen molar-refractivity contribution in [2.75, 3.05) is 24.4 Å². The lowest BCUT2D eigenvalue weighted by Crippen LogP contribution is -2.25. The molecule has 26 heavy (non-hydrogen) atoms. The summed E-state index contributed by atoms with van der Waals surface area (Å²) in [5.41, 5.74) is 3.60. The summed E-state index contributed by atoms with van der Waals surface area (Å²) in [5, 5.41) is 2.85. The minimum absolute atomic E-state index is 0.218. The first-order valence-corrected chi connectivity index (χ1v) is 8.07. The molecule has 0 spiro atoms. The number of hydrogen-bond acceptors (Lipinski definition) is 4. The van der Waals surface area contributed by atoms with Crippen LogP contribution < -0.4 is 10.2 Å². The number of fused-ring (bicyclic) bond motifs is 1. The van der Waals surface area contributed by atoms with E-state index in [1.165, 1.54) is 12.0 Å². The first-order valence-electron chi connectivity index (χ1n) is 8.07. The zero-order valence-corrected chi connectivity index (χ0v) is 15.1. The van der Waals surface area contributed by atoms with Crippen molar-refractivity contribution in [3.63, 3.8) is 0 Å². The van der Waals surface area contributed by atoms with Crippen molar-refractivity contribution in [3.05, 3.63) is 53.9 Å². The molecule has 0 aliphatic carbocycles. The fourth-order valence-corrected chi connectivity index (χ4v) is 2.68. The zero-order chi connectivity index (χ0) is 18.8. The monoisotopic (exact) mass is 352 g/mol. The van der Waals surface area contributed by atoms with Gasteiger partial charge in [-0.15, -0.1) is 0 Å². The second-order valence-electron chi connectivity index (χ2n) is 5.95. The lowest BCUT2D eigenvalue weighted by atomic mass is 10.1. The lowest BCUT2D eigenvalue weighted by Gasteiger charge is -2.16. The maximum Gasteiger partial charge on any atom is 0.413 e. The minimum atomic E-state index is -0.458. The Morgan fingerprint density at radius 2 is 1.85 bits per heavy atom. The van der Waals surface area contributed by atoms with Crippen molar-refractivity contribution < 1.29 is 14.3 Å². The van der Waals surface area contributed by atoms with Crippen LogP contribution in [-0.2, 0) is 11.8 Å². The van der Waals surface area contributed by atoms with Gasteiger partial charge in [0.05, 0.1) is 18.1 Å². The summed E-state index contributed by atoms with van der Waals surface area (Å²) in [4.78, 5) is 29.8. The Hall–Kier alpha value is -3.35. The van der Waals surface area contributed by atoms with Crippen molar-refractivity contribution >= 4 is 34.4 Å². The number of imidazole rings is 1. The largest absolute Gasteiger partial charge is 0.452 e. The first kappa shape index (κ1) is 17.5. The number of anilines is 2. The number of carbonyl (C=O) groups excluding carboxylic acids is 2. The Morgan fingerprint density at radius 3 is 2.50 bits per heavy atom. The molecule has 0 fully saturated rings. The molecule has 3 aromatic rings. The summed E-state index contributed by atoms with van der Waals surface area (Å²) in [6.07, 6.45) is -0.458. The number of rotatable bonds is 3. The van der Waals surface area contributed by atoms with Gasteiger partial charge in [-0.3, -0.25) is 9.69 Å². The number of nitrogens with zero attached hydrogens (tertiary/aromatic N) is 3. The second kappa shape index (κ2) is 6.87. The Morgan fingerprint density at radius 1 is 1.15 bits per heavy atom. The van der Waals surface area contributed by atoms with Gasteiger partial charge in [0.1, 0.15) is 5.82 Å². The quantitative estimate of drug-likeness (QED) is 0.784. The molecule has 134 valence electrons. The van der Waals surface area contributed by atoms with Crippen LogP contribution in [0, 0.1) is 6.92 Å². The van der Waals surface area contributed by atoms with Gasteiger partial charge in [0.2, 0.25) is 0 Å². The molecular weight excluding hydrogens is 332 g/mol. The molecular formula is C19H20N4O3. The maximum absolute atomic E-state index is 12.5. The van der Waals surface area contributed by atoms with Crippen molar-refractivity contribution in [2.24, 2.45) is 7.05 Å². The Bertz CT molecular complexity index is 976. The van der Waals surface area contributed by atoms with Gasteiger partial charge < -0.3 is 14.6 Å². The molecule has 7 nitrogen and oxygen atoms in total. The smallest absolute Gasteiger partial charge is 0.413 e. The number of amides is 2. The van der Waals surface area contributed by atoms with Crippen LogP contribution in [-0.4, -0.2) is 35.7 Å². The van der Waals surface area contributed by atoms with Gasteiger partial charge >= 0.3 is 6.09 Å². The summed E-state index contributed by atoms with van der Waals surface area (Å²) in [7, 11) is 4.88. The average Bonchev–Trinajstić information content (AvgIpc) is 2.94. The second-order valence-corrected chi connectivity index (χ2v) is 5.95. The summed E-state index contributed by atoms with van der Waals surface area (Å²) in [6.45, 7) is 1.92. The van der Waals surface area contributed by atoms with Gasteiger partial charge in [-0.2, -0.15) is 0 Å². The molecule has 0 atom stereocenters. The normalized spacial score (nSPS) is 10.6. The molecule has 0 aliphatic heterocycles. The molecule has 1 heterocycles. The SMILES string of the molecule is COC(=O)N(C)c1ccc(NC(=O)c2ccc3c(c2)nc(C)n3C)cc1. The number of hydrogen-bond donors (Lipinski definition) is 1. The summed E-state index contributed by atoms with van der Waals surface area (Å²) in [6, 6.07) is 12.4. The molecule has 2 aromatic carbocycles. The van der Waals surface area contributed by atoms with Gasteiger partial charge in [0, 0.05) is 31.0 Å². The van der Waals surface area contributed by atoms with E-state index in [9.17, 15) is 9.59 Å². The molecule has 0 bridgehead atoms. The van der Waals surface area contributed by atoms with E-state index < -0.39 is 6.09 Å². The third-order valence-electron chi connectivity index (χ3n) is 4.33. The zero-order valence-electron chi connectivity index (χ0n) is 15.1. The van der Waals surface area contributed by atoms with Crippen LogP contribution >= 0.6 is 0 Å². The number of carbonyl (C=O) groups is 2. The highest BCUT2D eigenvalue weighted by atomic mass is 16.5. The highest BCUT2D eigenvalue weighted by Crippen LogP contribution is 2.20. The molecule has 0 radical (unpaired) electrons. The van der Waals surface area contributed by atoms with Crippen molar-refractivity contribution in [2.45, 2.75) is 6.92 Å².